The molecule has 0 unspecified atom stereocenters. The highest BCUT2D eigenvalue weighted by Crippen LogP contribution is 1.76. The molecule has 0 saturated heterocycles. The Balaban J connectivity index is 0.000000249. The third-order valence-electron chi connectivity index (χ3n) is 0.813. The van der Waals surface area contributed by atoms with Crippen LogP contribution in [0.15, 0.2) is 28.5 Å². The van der Waals surface area contributed by atoms with Crippen LogP contribution in [0.2, 0.25) is 0 Å². The molecule has 3 N–H and O–H groups in total. The third-order valence-corrected chi connectivity index (χ3v) is 1.42. The highest BCUT2D eigenvalue weighted by Gasteiger charge is 1.88. The van der Waals surface area contributed by atoms with Gasteiger partial charge in [-0.15, -0.1) is 0 Å². The molecule has 6 nitrogen and oxygen atoms in total. The summed E-state index contributed by atoms with van der Waals surface area (Å²) in [7, 11) is 0. The molecule has 1 rings (SSSR count). The van der Waals surface area contributed by atoms with Crippen LogP contribution in [0.25, 0.3) is 0 Å². The van der Waals surface area contributed by atoms with Crippen molar-refractivity contribution in [1.82, 2.24) is 4.98 Å². The molecule has 0 aliphatic carbocycles. The summed E-state index contributed by atoms with van der Waals surface area (Å²) in [6.45, 7) is 0. The standard InChI is InChI=1S/C4H4O4.C3H3NOS/c5-3(6)1-2-4(7)8;5-3-4-1-2-6-3/h1-2H,(H,5,6)(H,7,8);1-2H,(H,4,5)/b2-1+;. The van der Waals surface area contributed by atoms with Gasteiger partial charge < -0.3 is 15.2 Å². The minimum absolute atomic E-state index is 0.00926. The van der Waals surface area contributed by atoms with Crippen molar-refractivity contribution in [3.8, 4) is 0 Å². The first kappa shape index (κ1) is 12.1. The molecule has 0 spiro atoms. The first-order valence-corrected chi connectivity index (χ1v) is 4.16. The number of carboxylic acid groups (broad SMARTS) is 2. The highest BCUT2D eigenvalue weighted by atomic mass is 32.1. The first-order chi connectivity index (χ1) is 6.52. The second kappa shape index (κ2) is 6.61. The van der Waals surface area contributed by atoms with Crippen LogP contribution >= 0.6 is 11.3 Å². The summed E-state index contributed by atoms with van der Waals surface area (Å²) in [5, 5.41) is 17.3. The van der Waals surface area contributed by atoms with E-state index in [4.69, 9.17) is 10.2 Å². The van der Waals surface area contributed by atoms with E-state index >= 15 is 0 Å². The second-order valence-corrected chi connectivity index (χ2v) is 2.74. The van der Waals surface area contributed by atoms with Gasteiger partial charge >= 0.3 is 16.8 Å². The van der Waals surface area contributed by atoms with Crippen molar-refractivity contribution in [1.29, 1.82) is 0 Å². The van der Waals surface area contributed by atoms with Gasteiger partial charge in [0.2, 0.25) is 0 Å². The van der Waals surface area contributed by atoms with E-state index in [0.29, 0.717) is 12.2 Å². The lowest BCUT2D eigenvalue weighted by Crippen LogP contribution is -1.91. The third kappa shape index (κ3) is 8.21. The Hall–Kier alpha value is -1.89. The van der Waals surface area contributed by atoms with Gasteiger partial charge in [-0.1, -0.05) is 11.3 Å². The van der Waals surface area contributed by atoms with Gasteiger partial charge in [0.25, 0.3) is 0 Å². The summed E-state index contributed by atoms with van der Waals surface area (Å²) >= 11 is 1.17. The zero-order chi connectivity index (χ0) is 11.0. The van der Waals surface area contributed by atoms with Crippen LogP contribution in [0.3, 0.4) is 0 Å². The molecule has 0 radical (unpaired) electrons. The van der Waals surface area contributed by atoms with Crippen molar-refractivity contribution in [2.24, 2.45) is 0 Å². The fraction of sp³-hybridized carbons (Fsp3) is 0. The van der Waals surface area contributed by atoms with Crippen LogP contribution < -0.4 is 4.87 Å². The second-order valence-electron chi connectivity index (χ2n) is 1.86. The number of hydrogen-bond donors (Lipinski definition) is 3. The van der Waals surface area contributed by atoms with Crippen LogP contribution in [0, 0.1) is 0 Å². The molecule has 0 aliphatic rings. The summed E-state index contributed by atoms with van der Waals surface area (Å²) in [5.74, 6) is -2.51. The van der Waals surface area contributed by atoms with Gasteiger partial charge in [-0.2, -0.15) is 0 Å². The number of carboxylic acids is 2. The fourth-order valence-electron chi connectivity index (χ4n) is 0.374. The molecular formula is C7H7NO5S. The van der Waals surface area contributed by atoms with E-state index in [9.17, 15) is 14.4 Å². The Morgan fingerprint density at radius 1 is 1.29 bits per heavy atom. The summed E-state index contributed by atoms with van der Waals surface area (Å²) in [5.41, 5.74) is 0. The zero-order valence-corrected chi connectivity index (χ0v) is 7.65. The summed E-state index contributed by atoms with van der Waals surface area (Å²) in [6, 6.07) is 0. The molecule has 0 amide bonds. The van der Waals surface area contributed by atoms with E-state index in [0.717, 1.165) is 0 Å². The molecule has 1 heterocycles. The van der Waals surface area contributed by atoms with Crippen molar-refractivity contribution < 1.29 is 19.8 Å². The van der Waals surface area contributed by atoms with Crippen LogP contribution in [-0.4, -0.2) is 27.1 Å². The molecular weight excluding hydrogens is 210 g/mol. The van der Waals surface area contributed by atoms with Crippen molar-refractivity contribution >= 4 is 23.3 Å². The maximum absolute atomic E-state index is 10.0. The summed E-state index contributed by atoms with van der Waals surface area (Å²) in [4.78, 5) is 31.6. The SMILES string of the molecule is O=C(O)/C=C/C(=O)O.O=c1[nH]ccs1. The van der Waals surface area contributed by atoms with E-state index in [2.05, 4.69) is 4.98 Å². The molecule has 7 heteroatoms. The molecule has 0 aliphatic heterocycles. The molecule has 0 bridgehead atoms. The van der Waals surface area contributed by atoms with Gasteiger partial charge in [-0.25, -0.2) is 9.59 Å². The van der Waals surface area contributed by atoms with Crippen molar-refractivity contribution in [3.63, 3.8) is 0 Å². The van der Waals surface area contributed by atoms with Crippen LogP contribution in [0.5, 0.6) is 0 Å². The number of aliphatic carboxylic acids is 2. The lowest BCUT2D eigenvalue weighted by Gasteiger charge is -1.74. The number of thiazole rings is 1. The van der Waals surface area contributed by atoms with E-state index in [1.54, 1.807) is 11.6 Å². The van der Waals surface area contributed by atoms with Gasteiger partial charge in [-0.05, 0) is 0 Å². The van der Waals surface area contributed by atoms with Crippen LogP contribution in [-0.2, 0) is 9.59 Å². The van der Waals surface area contributed by atoms with Gasteiger partial charge in [0.15, 0.2) is 0 Å². The summed E-state index contributed by atoms with van der Waals surface area (Å²) in [6.07, 6.45) is 2.73. The largest absolute Gasteiger partial charge is 0.478 e. The number of aromatic nitrogens is 1. The molecule has 0 atom stereocenters. The lowest BCUT2D eigenvalue weighted by atomic mass is 10.5. The van der Waals surface area contributed by atoms with E-state index in [1.807, 2.05) is 0 Å². The molecule has 0 fully saturated rings. The number of rotatable bonds is 2. The number of hydrogen-bond acceptors (Lipinski definition) is 4. The highest BCUT2D eigenvalue weighted by molar-refractivity contribution is 7.07. The summed E-state index contributed by atoms with van der Waals surface area (Å²) < 4.78 is 0. The van der Waals surface area contributed by atoms with E-state index in [1.165, 1.54) is 11.3 Å². The number of carbonyl (C=O) groups is 2. The molecule has 1 aromatic heterocycles. The smallest absolute Gasteiger partial charge is 0.328 e. The molecule has 14 heavy (non-hydrogen) atoms. The fourth-order valence-corrected chi connectivity index (χ4v) is 0.770. The maximum Gasteiger partial charge on any atom is 0.328 e. The molecule has 1 aromatic rings. The number of aromatic amines is 1. The Bertz CT molecular complexity index is 345. The topological polar surface area (TPSA) is 107 Å². The normalized spacial score (nSPS) is 9.14. The van der Waals surface area contributed by atoms with Gasteiger partial charge in [0, 0.05) is 23.7 Å². The Kier molecular flexibility index (Phi) is 5.72. The van der Waals surface area contributed by atoms with Crippen molar-refractivity contribution in [3.05, 3.63) is 33.4 Å². The van der Waals surface area contributed by atoms with Gasteiger partial charge in [0.05, 0.1) is 0 Å². The van der Waals surface area contributed by atoms with Crippen molar-refractivity contribution in [2.45, 2.75) is 0 Å². The molecule has 0 saturated carbocycles. The average Bonchev–Trinajstić information content (AvgIpc) is 2.53. The van der Waals surface area contributed by atoms with E-state index < -0.39 is 11.9 Å². The Morgan fingerprint density at radius 3 is 1.93 bits per heavy atom. The first-order valence-electron chi connectivity index (χ1n) is 3.28. The van der Waals surface area contributed by atoms with Crippen LogP contribution in [0.1, 0.15) is 0 Å². The average molecular weight is 217 g/mol. The Labute approximate surface area is 82.1 Å². The van der Waals surface area contributed by atoms with Gasteiger partial charge in [0.1, 0.15) is 0 Å². The predicted octanol–water partition coefficient (Wildman–Crippen LogP) is 0.148. The number of nitrogens with one attached hydrogen (secondary N) is 1. The van der Waals surface area contributed by atoms with Gasteiger partial charge in [-0.3, -0.25) is 4.79 Å². The minimum Gasteiger partial charge on any atom is -0.478 e. The zero-order valence-electron chi connectivity index (χ0n) is 6.84. The number of H-pyrrole nitrogens is 1. The Morgan fingerprint density at radius 2 is 1.79 bits per heavy atom. The van der Waals surface area contributed by atoms with Crippen molar-refractivity contribution in [2.75, 3.05) is 0 Å². The van der Waals surface area contributed by atoms with E-state index in [-0.39, 0.29) is 4.87 Å². The minimum atomic E-state index is -1.26. The monoisotopic (exact) mass is 217 g/mol. The van der Waals surface area contributed by atoms with Crippen LogP contribution in [0.4, 0.5) is 0 Å². The maximum atomic E-state index is 10.0. The molecule has 76 valence electrons. The lowest BCUT2D eigenvalue weighted by molar-refractivity contribution is -0.134. The molecule has 0 aromatic carbocycles. The predicted molar refractivity (Wildman–Crippen MR) is 49.4 cm³/mol. The quantitative estimate of drug-likeness (QED) is 0.611.